The quantitative estimate of drug-likeness (QED) is 0.740. The maximum absolute atomic E-state index is 11.8. The molecule has 0 saturated heterocycles. The number of alkyl halides is 2. The molecule has 12 heavy (non-hydrogen) atoms. The molecule has 0 spiro atoms. The minimum atomic E-state index is -2.71. The highest BCUT2D eigenvalue weighted by atomic mass is 19.3. The fraction of sp³-hybridized carbons (Fsp3) is 0.571. The molecule has 0 aliphatic heterocycles. The van der Waals surface area contributed by atoms with Gasteiger partial charge in [-0.3, -0.25) is 4.68 Å². The molecule has 0 bridgehead atoms. The average Bonchev–Trinajstić information content (AvgIpc) is 2.35. The monoisotopic (exact) mass is 176 g/mol. The van der Waals surface area contributed by atoms with Gasteiger partial charge in [0, 0.05) is 6.20 Å². The molecule has 5 heteroatoms. The number of halogens is 2. The predicted octanol–water partition coefficient (Wildman–Crippen LogP) is 0.818. The lowest BCUT2D eigenvalue weighted by atomic mass is 10.4. The molecule has 68 valence electrons. The molecule has 1 heterocycles. The van der Waals surface area contributed by atoms with Crippen molar-refractivity contribution in [3.63, 3.8) is 0 Å². The zero-order valence-corrected chi connectivity index (χ0v) is 6.61. The van der Waals surface area contributed by atoms with Gasteiger partial charge in [-0.15, -0.1) is 0 Å². The number of aromatic nitrogens is 2. The molecule has 0 saturated carbocycles. The first-order valence-electron chi connectivity index (χ1n) is 3.55. The average molecular weight is 176 g/mol. The second-order valence-corrected chi connectivity index (χ2v) is 2.64. The van der Waals surface area contributed by atoms with Crippen molar-refractivity contribution in [2.45, 2.75) is 26.0 Å². The molecule has 3 nitrogen and oxygen atoms in total. The summed E-state index contributed by atoms with van der Waals surface area (Å²) in [5.41, 5.74) is 0.886. The van der Waals surface area contributed by atoms with E-state index in [0.717, 1.165) is 5.56 Å². The number of aryl methyl sites for hydroxylation is 1. The van der Waals surface area contributed by atoms with Gasteiger partial charge in [-0.1, -0.05) is 0 Å². The molecule has 1 unspecified atom stereocenters. The van der Waals surface area contributed by atoms with Gasteiger partial charge in [0.2, 0.25) is 0 Å². The van der Waals surface area contributed by atoms with Gasteiger partial charge >= 0.3 is 0 Å². The van der Waals surface area contributed by atoms with Crippen LogP contribution in [0.15, 0.2) is 12.4 Å². The predicted molar refractivity (Wildman–Crippen MR) is 39.0 cm³/mol. The van der Waals surface area contributed by atoms with Crippen LogP contribution in [0.25, 0.3) is 0 Å². The second-order valence-electron chi connectivity index (χ2n) is 2.64. The molecule has 0 radical (unpaired) electrons. The zero-order valence-electron chi connectivity index (χ0n) is 6.61. The molecule has 0 fully saturated rings. The lowest BCUT2D eigenvalue weighted by Crippen LogP contribution is -2.24. The molecule has 1 aromatic heterocycles. The van der Waals surface area contributed by atoms with E-state index in [9.17, 15) is 8.78 Å². The topological polar surface area (TPSA) is 38.0 Å². The van der Waals surface area contributed by atoms with Gasteiger partial charge in [-0.25, -0.2) is 8.78 Å². The van der Waals surface area contributed by atoms with Gasteiger partial charge in [0.25, 0.3) is 6.43 Å². The highest BCUT2D eigenvalue weighted by molar-refractivity contribution is 4.99. The molecule has 1 atom stereocenters. The SMILES string of the molecule is Cc1cnn(CC(O)C(F)F)c1. The van der Waals surface area contributed by atoms with E-state index in [1.165, 1.54) is 4.68 Å². The summed E-state index contributed by atoms with van der Waals surface area (Å²) in [6, 6.07) is 0. The molecule has 1 aromatic rings. The van der Waals surface area contributed by atoms with Crippen LogP contribution in [0.2, 0.25) is 0 Å². The Morgan fingerprint density at radius 2 is 2.33 bits per heavy atom. The van der Waals surface area contributed by atoms with Crippen LogP contribution in [0.1, 0.15) is 5.56 Å². The third kappa shape index (κ3) is 2.27. The second kappa shape index (κ2) is 3.62. The fourth-order valence-corrected chi connectivity index (χ4v) is 0.838. The van der Waals surface area contributed by atoms with Crippen LogP contribution >= 0.6 is 0 Å². The molecular weight excluding hydrogens is 166 g/mol. The maximum atomic E-state index is 11.8. The van der Waals surface area contributed by atoms with Crippen LogP contribution in [0, 0.1) is 6.92 Å². The van der Waals surface area contributed by atoms with Gasteiger partial charge in [0.1, 0.15) is 6.10 Å². The number of nitrogens with zero attached hydrogens (tertiary/aromatic N) is 2. The van der Waals surface area contributed by atoms with E-state index in [4.69, 9.17) is 5.11 Å². The Kier molecular flexibility index (Phi) is 2.75. The van der Waals surface area contributed by atoms with Crippen LogP contribution in [-0.2, 0) is 6.54 Å². The van der Waals surface area contributed by atoms with E-state index in [2.05, 4.69) is 5.10 Å². The third-order valence-corrected chi connectivity index (χ3v) is 1.43. The normalized spacial score (nSPS) is 13.8. The fourth-order valence-electron chi connectivity index (χ4n) is 0.838. The molecule has 1 rings (SSSR count). The Labute approximate surface area is 68.6 Å². The van der Waals surface area contributed by atoms with Crippen LogP contribution in [0.5, 0.6) is 0 Å². The van der Waals surface area contributed by atoms with Crippen molar-refractivity contribution in [3.8, 4) is 0 Å². The van der Waals surface area contributed by atoms with Crippen molar-refractivity contribution in [2.75, 3.05) is 0 Å². The number of aliphatic hydroxyl groups excluding tert-OH is 1. The minimum Gasteiger partial charge on any atom is -0.385 e. The molecule has 0 amide bonds. The standard InChI is InChI=1S/C7H10F2N2O/c1-5-2-10-11(3-5)4-6(12)7(8)9/h2-3,6-7,12H,4H2,1H3. The van der Waals surface area contributed by atoms with Crippen molar-refractivity contribution >= 4 is 0 Å². The summed E-state index contributed by atoms with van der Waals surface area (Å²) >= 11 is 0. The van der Waals surface area contributed by atoms with E-state index in [1.807, 2.05) is 0 Å². The lowest BCUT2D eigenvalue weighted by Gasteiger charge is -2.08. The Balaban J connectivity index is 2.52. The number of rotatable bonds is 3. The van der Waals surface area contributed by atoms with Gasteiger partial charge in [-0.2, -0.15) is 5.10 Å². The molecule has 0 aromatic carbocycles. The number of aliphatic hydroxyl groups is 1. The van der Waals surface area contributed by atoms with Crippen molar-refractivity contribution in [1.29, 1.82) is 0 Å². The van der Waals surface area contributed by atoms with Crippen molar-refractivity contribution < 1.29 is 13.9 Å². The first-order chi connectivity index (χ1) is 5.59. The largest absolute Gasteiger partial charge is 0.385 e. The van der Waals surface area contributed by atoms with Crippen molar-refractivity contribution in [3.05, 3.63) is 18.0 Å². The zero-order chi connectivity index (χ0) is 9.14. The van der Waals surface area contributed by atoms with E-state index in [0.29, 0.717) is 0 Å². The summed E-state index contributed by atoms with van der Waals surface area (Å²) in [5, 5.41) is 12.5. The van der Waals surface area contributed by atoms with E-state index >= 15 is 0 Å². The molecule has 1 N–H and O–H groups in total. The highest BCUT2D eigenvalue weighted by Crippen LogP contribution is 2.03. The van der Waals surface area contributed by atoms with E-state index in [-0.39, 0.29) is 6.54 Å². The van der Waals surface area contributed by atoms with E-state index < -0.39 is 12.5 Å². The molecule has 0 aliphatic rings. The maximum Gasteiger partial charge on any atom is 0.265 e. The Morgan fingerprint density at radius 1 is 1.67 bits per heavy atom. The molecule has 0 aliphatic carbocycles. The Bertz CT molecular complexity index is 249. The summed E-state index contributed by atoms with van der Waals surface area (Å²) in [7, 11) is 0. The van der Waals surface area contributed by atoms with Crippen LogP contribution in [0.3, 0.4) is 0 Å². The smallest absolute Gasteiger partial charge is 0.265 e. The number of hydrogen-bond acceptors (Lipinski definition) is 2. The first kappa shape index (κ1) is 9.12. The van der Waals surface area contributed by atoms with E-state index in [1.54, 1.807) is 19.3 Å². The summed E-state index contributed by atoms with van der Waals surface area (Å²) in [6.45, 7) is 1.64. The van der Waals surface area contributed by atoms with Gasteiger partial charge in [-0.05, 0) is 12.5 Å². The summed E-state index contributed by atoms with van der Waals surface area (Å²) < 4.78 is 25.0. The van der Waals surface area contributed by atoms with Gasteiger partial charge in [0.05, 0.1) is 12.7 Å². The number of hydrogen-bond donors (Lipinski definition) is 1. The van der Waals surface area contributed by atoms with Gasteiger partial charge in [0.15, 0.2) is 0 Å². The Morgan fingerprint density at radius 3 is 2.75 bits per heavy atom. The summed E-state index contributed by atoms with van der Waals surface area (Å²) in [4.78, 5) is 0. The summed E-state index contributed by atoms with van der Waals surface area (Å²) in [5.74, 6) is 0. The molecular formula is C7H10F2N2O. The van der Waals surface area contributed by atoms with Gasteiger partial charge < -0.3 is 5.11 Å². The first-order valence-corrected chi connectivity index (χ1v) is 3.55. The van der Waals surface area contributed by atoms with Crippen LogP contribution in [0.4, 0.5) is 8.78 Å². The summed E-state index contributed by atoms with van der Waals surface area (Å²) in [6.07, 6.45) is -1.19. The third-order valence-electron chi connectivity index (χ3n) is 1.43. The lowest BCUT2D eigenvalue weighted by molar-refractivity contribution is -0.0154. The minimum absolute atomic E-state index is 0.161. The van der Waals surface area contributed by atoms with Crippen LogP contribution < -0.4 is 0 Å². The highest BCUT2D eigenvalue weighted by Gasteiger charge is 2.17. The van der Waals surface area contributed by atoms with Crippen molar-refractivity contribution in [1.82, 2.24) is 9.78 Å². The van der Waals surface area contributed by atoms with Crippen LogP contribution in [-0.4, -0.2) is 27.4 Å². The Hall–Kier alpha value is -0.970. The van der Waals surface area contributed by atoms with Crippen molar-refractivity contribution in [2.24, 2.45) is 0 Å².